The van der Waals surface area contributed by atoms with Gasteiger partial charge in [0.2, 0.25) is 11.5 Å². The molecule has 128 heavy (non-hydrogen) atoms. The molecule has 1 aliphatic carbocycles. The Balaban J connectivity index is 0.000000700. The van der Waals surface area contributed by atoms with Gasteiger partial charge in [-0.2, -0.15) is 5.26 Å². The van der Waals surface area contributed by atoms with Gasteiger partial charge in [0.05, 0.1) is 25.3 Å². The molecule has 0 unspecified atom stereocenters. The summed E-state index contributed by atoms with van der Waals surface area (Å²) in [7, 11) is 6.87. The van der Waals surface area contributed by atoms with E-state index in [4.69, 9.17) is 45.3 Å². The van der Waals surface area contributed by atoms with Crippen LogP contribution >= 0.6 is 0 Å². The lowest BCUT2D eigenvalue weighted by molar-refractivity contribution is 0.0486. The zero-order valence-corrected chi connectivity index (χ0v) is 85.6. The first-order valence-electron chi connectivity index (χ1n) is 45.4. The van der Waals surface area contributed by atoms with Crippen LogP contribution in [0.4, 0.5) is 0 Å². The number of nitriles is 1. The van der Waals surface area contributed by atoms with Crippen molar-refractivity contribution >= 4 is 23.6 Å². The number of nitrogens with zero attached hydrogens (tertiary/aromatic N) is 3. The summed E-state index contributed by atoms with van der Waals surface area (Å²) in [5.74, 6) is 18.0. The molecule has 0 radical (unpaired) electrons. The lowest BCUT2D eigenvalue weighted by atomic mass is 9.94. The number of amides is 1. The molecule has 0 saturated carbocycles. The number of allylic oxidation sites excluding steroid dienone is 4. The summed E-state index contributed by atoms with van der Waals surface area (Å²) in [6, 6.07) is 53.1. The highest BCUT2D eigenvalue weighted by atomic mass is 16.5. The van der Waals surface area contributed by atoms with Crippen LogP contribution in [0, 0.1) is 51.9 Å². The molecule has 11 aromatic rings. The maximum Gasteiger partial charge on any atom is 0.374 e. The van der Waals surface area contributed by atoms with Gasteiger partial charge in [0, 0.05) is 92.2 Å². The summed E-state index contributed by atoms with van der Waals surface area (Å²) in [6.07, 6.45) is 5.67. The Morgan fingerprint density at radius 3 is 1.02 bits per heavy atom. The molecule has 9 heterocycles. The quantitative estimate of drug-likeness (QED) is 0.0610. The zero-order valence-electron chi connectivity index (χ0n) is 85.6. The van der Waals surface area contributed by atoms with Crippen molar-refractivity contribution in [2.75, 3.05) is 27.8 Å². The number of carbonyl (C=O) groups excluding carboxylic acids is 4. The number of ketones is 1. The highest BCUT2D eigenvalue weighted by molar-refractivity contribution is 5.91. The van der Waals surface area contributed by atoms with Gasteiger partial charge < -0.3 is 54.3 Å². The molecule has 9 aromatic heterocycles. The fourth-order valence-electron chi connectivity index (χ4n) is 11.4. The van der Waals surface area contributed by atoms with Crippen LogP contribution < -0.4 is 0 Å². The molecule has 2 aromatic carbocycles. The second kappa shape index (κ2) is 58.5. The normalized spacial score (nSPS) is 11.2. The number of ether oxygens (including phenoxy) is 2. The van der Waals surface area contributed by atoms with Crippen LogP contribution in [0.15, 0.2) is 216 Å². The molecule has 1 amide bonds. The fraction of sp³-hybridized carbons (Fsp3) is 0.486. The maximum atomic E-state index is 11.4. The van der Waals surface area contributed by atoms with E-state index in [1.54, 1.807) is 63.0 Å². The first-order valence-corrected chi connectivity index (χ1v) is 45.4. The first-order chi connectivity index (χ1) is 59.7. The summed E-state index contributed by atoms with van der Waals surface area (Å²) in [5.41, 5.74) is 10.7. The number of aromatic nitrogens is 1. The van der Waals surface area contributed by atoms with E-state index in [1.165, 1.54) is 59.0 Å². The molecule has 17 heteroatoms. The van der Waals surface area contributed by atoms with Gasteiger partial charge in [-0.25, -0.2) is 9.59 Å². The number of rotatable bonds is 17. The number of hydrogen-bond donors (Lipinski definition) is 0. The van der Waals surface area contributed by atoms with E-state index in [0.29, 0.717) is 83.2 Å². The van der Waals surface area contributed by atoms with Gasteiger partial charge in [-0.1, -0.05) is 252 Å². The molecule has 0 aliphatic heterocycles. The lowest BCUT2D eigenvalue weighted by Crippen LogP contribution is -2.20. The van der Waals surface area contributed by atoms with Crippen molar-refractivity contribution in [1.82, 2.24) is 9.47 Å². The third kappa shape index (κ3) is 44.2. The Morgan fingerprint density at radius 1 is 0.414 bits per heavy atom. The third-order valence-corrected chi connectivity index (χ3v) is 19.7. The summed E-state index contributed by atoms with van der Waals surface area (Å²) in [6.45, 7) is 73.2. The maximum absolute atomic E-state index is 11.4. The largest absolute Gasteiger partial charge is 0.466 e. The average Bonchev–Trinajstić information content (AvgIpc) is 1.69. The highest BCUT2D eigenvalue weighted by Gasteiger charge is 2.20. The van der Waals surface area contributed by atoms with E-state index < -0.39 is 11.9 Å². The molecular formula is C111H161N3O14. The Hall–Kier alpha value is -11.0. The average molecular weight is 1760 g/mol. The van der Waals surface area contributed by atoms with E-state index in [2.05, 4.69) is 235 Å². The van der Waals surface area contributed by atoms with Crippen LogP contribution in [0.2, 0.25) is 0 Å². The Kier molecular flexibility index (Phi) is 52.5. The van der Waals surface area contributed by atoms with Crippen molar-refractivity contribution in [2.45, 2.75) is 319 Å². The van der Waals surface area contributed by atoms with E-state index in [-0.39, 0.29) is 28.6 Å². The standard InChI is InChI=1S/C11H18O.C10H15NO2.C10H11N.C10H14O3.C10H14.C9H15N.C9H12O3.C9H12O2.C9H14.3C8H12O/c1-8(2)9-6-7-10(12-9)11(3,4)5;1-7(2)8-5-6-9(13-8)10(12)11(3)4;1-8(2)10-5-3-4-9(6-10)7-11;1-4-12-10(11)9-6-5-8(13-9)7(2)3;1-8(2)10-6-4-5-9(3)7-10;1-7(2)9-6-5-8(3)10(9)4;1-6(2)7-4-5-8(12-7)9(10)11-3;1-6(2)8-4-5-9(11-8)7(3)10;1-7(2)9-5-4-8(3)6-9;3*1-6(2)8-5-4-7(3)9-8/h6-8H,1-5H3;5-7H,1-4H3;3-6,8H,1-2H3;5-7H,4H2,1-3H3;4-8H,1-3H3;5-7H,1-4H3;4-6H,1-3H3;4-6H,1-3H3;4-5,7H,6H2,1-3H3;3*4-6H,1-3H3. The third-order valence-electron chi connectivity index (χ3n) is 19.7. The SMILES string of the molecule is CC(=O)c1ccc(C(C)C)o1.CC(C)c1ccc(C(=O)N(C)C)o1.CC(C)c1ccc(C(C)(C)C)o1.CC(C)c1cccc(C#N)c1.CC1=CC=C(C(C)C)C1.CCOC(=O)c1ccc(C(C)C)o1.COC(=O)c1ccc(C(C)C)o1.Cc1ccc(C(C)C)n1C.Cc1ccc(C(C)C)o1.Cc1ccc(C(C)C)o1.Cc1ccc(C(C)C)o1.Cc1cccc(C(C)C)c1. The van der Waals surface area contributed by atoms with Gasteiger partial charge in [0.25, 0.3) is 5.91 Å². The molecule has 0 saturated heterocycles. The van der Waals surface area contributed by atoms with Crippen LogP contribution in [-0.2, 0) is 21.9 Å². The number of aryl methyl sites for hydroxylation is 5. The minimum absolute atomic E-state index is 0.0168. The summed E-state index contributed by atoms with van der Waals surface area (Å²) >= 11 is 0. The molecule has 0 atom stereocenters. The summed E-state index contributed by atoms with van der Waals surface area (Å²) in [5, 5.41) is 8.59. The molecule has 0 spiro atoms. The fourth-order valence-corrected chi connectivity index (χ4v) is 11.4. The molecule has 17 nitrogen and oxygen atoms in total. The van der Waals surface area contributed by atoms with Gasteiger partial charge in [-0.15, -0.1) is 0 Å². The van der Waals surface area contributed by atoms with E-state index in [1.807, 2.05) is 149 Å². The highest BCUT2D eigenvalue weighted by Crippen LogP contribution is 2.30. The van der Waals surface area contributed by atoms with Crippen LogP contribution in [0.5, 0.6) is 0 Å². The molecule has 704 valence electrons. The van der Waals surface area contributed by atoms with Crippen LogP contribution in [0.1, 0.15) is 424 Å². The van der Waals surface area contributed by atoms with Crippen molar-refractivity contribution < 1.29 is 64.0 Å². The van der Waals surface area contributed by atoms with Gasteiger partial charge in [0.15, 0.2) is 17.3 Å². The molecule has 0 bridgehead atoms. The lowest BCUT2D eigenvalue weighted by Gasteiger charge is -2.14. The Bertz CT molecular complexity index is 4950. The van der Waals surface area contributed by atoms with Crippen molar-refractivity contribution in [3.63, 3.8) is 0 Å². The molecule has 0 N–H and O–H groups in total. The van der Waals surface area contributed by atoms with Crippen LogP contribution in [0.25, 0.3) is 0 Å². The van der Waals surface area contributed by atoms with Crippen molar-refractivity contribution in [3.8, 4) is 6.07 Å². The van der Waals surface area contributed by atoms with Crippen LogP contribution in [-0.4, -0.2) is 60.9 Å². The van der Waals surface area contributed by atoms with Crippen molar-refractivity contribution in [1.29, 1.82) is 5.26 Å². The number of methoxy groups -OCH3 is 1. The van der Waals surface area contributed by atoms with Gasteiger partial charge in [-0.05, 0) is 211 Å². The van der Waals surface area contributed by atoms with Gasteiger partial charge >= 0.3 is 11.9 Å². The zero-order chi connectivity index (χ0) is 97.7. The number of hydrogen-bond acceptors (Lipinski definition) is 15. The minimum atomic E-state index is -0.429. The Labute approximate surface area is 770 Å². The second-order valence-electron chi connectivity index (χ2n) is 37.0. The molecular weight excluding hydrogens is 1600 g/mol. The molecule has 12 rings (SSSR count). The van der Waals surface area contributed by atoms with E-state index in [0.717, 1.165) is 80.6 Å². The van der Waals surface area contributed by atoms with E-state index in [9.17, 15) is 19.2 Å². The van der Waals surface area contributed by atoms with E-state index >= 15 is 0 Å². The van der Waals surface area contributed by atoms with Crippen LogP contribution in [0.3, 0.4) is 0 Å². The number of carbonyl (C=O) groups is 4. The number of benzene rings is 2. The summed E-state index contributed by atoms with van der Waals surface area (Å²) in [4.78, 5) is 45.8. The number of furan rings is 8. The molecule has 0 fully saturated rings. The summed E-state index contributed by atoms with van der Waals surface area (Å²) < 4.78 is 54.4. The van der Waals surface area contributed by atoms with Crippen molar-refractivity contribution in [3.05, 3.63) is 307 Å². The predicted octanol–water partition coefficient (Wildman–Crippen LogP) is 32.5. The predicted molar refractivity (Wildman–Crippen MR) is 527 cm³/mol. The van der Waals surface area contributed by atoms with Gasteiger partial charge in [-0.3, -0.25) is 9.59 Å². The smallest absolute Gasteiger partial charge is 0.374 e. The minimum Gasteiger partial charge on any atom is -0.466 e. The van der Waals surface area contributed by atoms with Crippen molar-refractivity contribution in [2.24, 2.45) is 13.0 Å². The number of Topliss-reactive ketones (excluding diaryl/α,β-unsaturated/α-hetero) is 1. The topological polar surface area (TPSA) is 224 Å². The molecule has 1 aliphatic rings. The number of esters is 2. The first kappa shape index (κ1) is 115. The monoisotopic (exact) mass is 1760 g/mol. The Morgan fingerprint density at radius 2 is 0.773 bits per heavy atom. The van der Waals surface area contributed by atoms with Gasteiger partial charge in [0.1, 0.15) is 69.1 Å². The second-order valence-corrected chi connectivity index (χ2v) is 37.0.